The second-order valence-electron chi connectivity index (χ2n) is 4.16. The van der Waals surface area contributed by atoms with Crippen LogP contribution in [-0.4, -0.2) is 30.6 Å². The average Bonchev–Trinajstić information content (AvgIpc) is 2.35. The fourth-order valence-electron chi connectivity index (χ4n) is 1.25. The molecule has 0 aliphatic rings. The van der Waals surface area contributed by atoms with Crippen LogP contribution in [-0.2, 0) is 9.53 Å². The van der Waals surface area contributed by atoms with Crippen LogP contribution >= 0.6 is 0 Å². The number of amides is 3. The van der Waals surface area contributed by atoms with Crippen molar-refractivity contribution in [2.45, 2.75) is 19.9 Å². The van der Waals surface area contributed by atoms with Crippen molar-refractivity contribution in [2.24, 2.45) is 0 Å². The smallest absolute Gasteiger partial charge is 0.405 e. The molecular weight excluding hydrogens is 266 g/mol. The number of hydrogen-bond donors (Lipinski definition) is 2. The van der Waals surface area contributed by atoms with Gasteiger partial charge in [0.25, 0.3) is 5.91 Å². The second-order valence-corrected chi connectivity index (χ2v) is 4.16. The monoisotopic (exact) mass is 281 g/mol. The molecule has 0 aliphatic heterocycles. The van der Waals surface area contributed by atoms with E-state index >= 15 is 0 Å². The van der Waals surface area contributed by atoms with Crippen molar-refractivity contribution in [2.75, 3.05) is 6.61 Å². The number of imide groups is 1. The molecular formula is C12H15N3O5. The molecule has 0 spiro atoms. The predicted molar refractivity (Wildman–Crippen MR) is 67.5 cm³/mol. The van der Waals surface area contributed by atoms with Crippen molar-refractivity contribution in [3.63, 3.8) is 0 Å². The van der Waals surface area contributed by atoms with E-state index in [0.29, 0.717) is 4.73 Å². The zero-order valence-electron chi connectivity index (χ0n) is 11.1. The molecule has 3 amide bonds. The Morgan fingerprint density at radius 1 is 1.35 bits per heavy atom. The average molecular weight is 281 g/mol. The number of ether oxygens (including phenoxy) is 1. The summed E-state index contributed by atoms with van der Waals surface area (Å²) >= 11 is 0. The Labute approximate surface area is 115 Å². The molecule has 8 nitrogen and oxygen atoms in total. The maximum absolute atomic E-state index is 11.5. The molecule has 0 bridgehead atoms. The highest BCUT2D eigenvalue weighted by atomic mass is 16.5. The number of carbonyl (C=O) groups is 3. The highest BCUT2D eigenvalue weighted by molar-refractivity contribution is 5.96. The zero-order valence-corrected chi connectivity index (χ0v) is 11.1. The Bertz CT molecular complexity index is 516. The molecule has 0 fully saturated rings. The van der Waals surface area contributed by atoms with Crippen LogP contribution in [0.1, 0.15) is 24.3 Å². The maximum Gasteiger partial charge on any atom is 0.405 e. The van der Waals surface area contributed by atoms with Gasteiger partial charge in [0.1, 0.15) is 0 Å². The summed E-state index contributed by atoms with van der Waals surface area (Å²) in [7, 11) is 0. The van der Waals surface area contributed by atoms with Gasteiger partial charge in [-0.15, -0.1) is 0 Å². The van der Waals surface area contributed by atoms with E-state index in [9.17, 15) is 19.6 Å². The Balaban J connectivity index is 2.44. The quantitative estimate of drug-likeness (QED) is 0.447. The van der Waals surface area contributed by atoms with Crippen LogP contribution in [0.15, 0.2) is 24.4 Å². The molecule has 0 atom stereocenters. The molecule has 1 heterocycles. The van der Waals surface area contributed by atoms with Crippen LogP contribution in [0, 0.1) is 5.21 Å². The number of urea groups is 1. The predicted octanol–water partition coefficient (Wildman–Crippen LogP) is -0.289. The Morgan fingerprint density at radius 3 is 2.65 bits per heavy atom. The molecule has 0 unspecified atom stereocenters. The van der Waals surface area contributed by atoms with Gasteiger partial charge in [-0.1, -0.05) is 0 Å². The van der Waals surface area contributed by atoms with E-state index in [4.69, 9.17) is 0 Å². The maximum atomic E-state index is 11.5. The topological polar surface area (TPSA) is 111 Å². The number of pyridine rings is 1. The summed E-state index contributed by atoms with van der Waals surface area (Å²) in [5, 5.41) is 15.7. The standard InChI is InChI=1S/C12H15N3O5/c1-8(2)13-12(18)14-10(16)7-20-11(17)9-5-3-4-6-15(9)19/h3-6,8H,7H2,1-2H3,(H2,13,14,16,18). The third-order valence-electron chi connectivity index (χ3n) is 2.04. The largest absolute Gasteiger partial charge is 0.618 e. The van der Waals surface area contributed by atoms with Crippen LogP contribution in [0.25, 0.3) is 0 Å². The lowest BCUT2D eigenvalue weighted by Crippen LogP contribution is -2.44. The summed E-state index contributed by atoms with van der Waals surface area (Å²) in [5.74, 6) is -1.73. The number of carbonyl (C=O) groups excluding carboxylic acids is 3. The van der Waals surface area contributed by atoms with Crippen LogP contribution in [0.2, 0.25) is 0 Å². The van der Waals surface area contributed by atoms with Gasteiger partial charge in [0.15, 0.2) is 12.8 Å². The fourth-order valence-corrected chi connectivity index (χ4v) is 1.25. The van der Waals surface area contributed by atoms with Crippen LogP contribution in [0.4, 0.5) is 4.79 Å². The van der Waals surface area contributed by atoms with E-state index in [1.54, 1.807) is 13.8 Å². The number of esters is 1. The van der Waals surface area contributed by atoms with Gasteiger partial charge in [-0.3, -0.25) is 10.1 Å². The molecule has 1 aromatic heterocycles. The summed E-state index contributed by atoms with van der Waals surface area (Å²) in [6.45, 7) is 2.80. The molecule has 0 aromatic carbocycles. The SMILES string of the molecule is CC(C)NC(=O)NC(=O)COC(=O)c1cccc[n+]1[O-]. The third kappa shape index (κ3) is 4.92. The summed E-state index contributed by atoms with van der Waals surface area (Å²) in [6.07, 6.45) is 1.13. The first-order chi connectivity index (χ1) is 9.40. The van der Waals surface area contributed by atoms with E-state index in [0.717, 1.165) is 6.20 Å². The minimum atomic E-state index is -0.944. The van der Waals surface area contributed by atoms with Crippen molar-refractivity contribution >= 4 is 17.9 Å². The Kier molecular flexibility index (Phi) is 5.45. The molecule has 1 aromatic rings. The number of hydrogen-bond acceptors (Lipinski definition) is 5. The number of nitrogens with one attached hydrogen (secondary N) is 2. The van der Waals surface area contributed by atoms with Gasteiger partial charge in [0.2, 0.25) is 0 Å². The van der Waals surface area contributed by atoms with Crippen molar-refractivity contribution in [3.8, 4) is 0 Å². The fraction of sp³-hybridized carbons (Fsp3) is 0.333. The normalized spacial score (nSPS) is 9.95. The van der Waals surface area contributed by atoms with Crippen molar-refractivity contribution in [3.05, 3.63) is 35.3 Å². The molecule has 1 rings (SSSR count). The first-order valence-electron chi connectivity index (χ1n) is 5.86. The lowest BCUT2D eigenvalue weighted by Gasteiger charge is -2.09. The third-order valence-corrected chi connectivity index (χ3v) is 2.04. The van der Waals surface area contributed by atoms with E-state index in [2.05, 4.69) is 10.1 Å². The molecule has 20 heavy (non-hydrogen) atoms. The molecule has 108 valence electrons. The zero-order chi connectivity index (χ0) is 15.1. The summed E-state index contributed by atoms with van der Waals surface area (Å²) < 4.78 is 4.95. The molecule has 0 saturated carbocycles. The molecule has 2 N–H and O–H groups in total. The van der Waals surface area contributed by atoms with Gasteiger partial charge in [-0.25, -0.2) is 9.59 Å². The summed E-state index contributed by atoms with van der Waals surface area (Å²) in [5.41, 5.74) is -0.244. The van der Waals surface area contributed by atoms with Crippen molar-refractivity contribution in [1.29, 1.82) is 0 Å². The second kappa shape index (κ2) is 7.07. The van der Waals surface area contributed by atoms with Gasteiger partial charge < -0.3 is 15.3 Å². The summed E-state index contributed by atoms with van der Waals surface area (Å²) in [6, 6.07) is 3.39. The number of rotatable bonds is 4. The van der Waals surface area contributed by atoms with E-state index in [-0.39, 0.29) is 11.7 Å². The Hall–Kier alpha value is -2.64. The van der Waals surface area contributed by atoms with Gasteiger partial charge in [0, 0.05) is 18.2 Å². The minimum Gasteiger partial charge on any atom is -0.618 e. The van der Waals surface area contributed by atoms with Crippen molar-refractivity contribution < 1.29 is 23.9 Å². The molecule has 0 aliphatic carbocycles. The molecule has 8 heteroatoms. The van der Waals surface area contributed by atoms with Gasteiger partial charge in [-0.05, 0) is 19.9 Å². The van der Waals surface area contributed by atoms with E-state index in [1.807, 2.05) is 5.32 Å². The van der Waals surface area contributed by atoms with Crippen molar-refractivity contribution in [1.82, 2.24) is 10.6 Å². The van der Waals surface area contributed by atoms with Gasteiger partial charge in [0.05, 0.1) is 0 Å². The van der Waals surface area contributed by atoms with E-state index < -0.39 is 24.5 Å². The lowest BCUT2D eigenvalue weighted by atomic mass is 10.3. The number of aromatic nitrogens is 1. The van der Waals surface area contributed by atoms with Gasteiger partial charge in [-0.2, -0.15) is 4.73 Å². The first-order valence-corrected chi connectivity index (χ1v) is 5.86. The lowest BCUT2D eigenvalue weighted by molar-refractivity contribution is -0.608. The number of nitrogens with zero attached hydrogens (tertiary/aromatic N) is 1. The highest BCUT2D eigenvalue weighted by Crippen LogP contribution is 1.94. The van der Waals surface area contributed by atoms with Gasteiger partial charge >= 0.3 is 17.7 Å². The minimum absolute atomic E-state index is 0.130. The van der Waals surface area contributed by atoms with Crippen LogP contribution in [0.3, 0.4) is 0 Å². The summed E-state index contributed by atoms with van der Waals surface area (Å²) in [4.78, 5) is 34.0. The molecule has 0 saturated heterocycles. The molecule has 0 radical (unpaired) electrons. The van der Waals surface area contributed by atoms with E-state index in [1.165, 1.54) is 18.2 Å². The first kappa shape index (κ1) is 15.4. The van der Waals surface area contributed by atoms with Crippen LogP contribution < -0.4 is 15.4 Å². The Morgan fingerprint density at radius 2 is 2.05 bits per heavy atom. The highest BCUT2D eigenvalue weighted by Gasteiger charge is 2.18. The van der Waals surface area contributed by atoms with Crippen LogP contribution in [0.5, 0.6) is 0 Å².